The summed E-state index contributed by atoms with van der Waals surface area (Å²) in [5, 5.41) is 0. The molecule has 0 aromatic rings. The minimum absolute atomic E-state index is 0.899. The minimum Gasteiger partial charge on any atom is -0.497 e. The fraction of sp³-hybridized carbons (Fsp3) is 0.0909. The van der Waals surface area contributed by atoms with E-state index in [-0.39, 0.29) is 0 Å². The van der Waals surface area contributed by atoms with E-state index in [4.69, 9.17) is 4.74 Å². The Labute approximate surface area is 71.9 Å². The summed E-state index contributed by atoms with van der Waals surface area (Å²) in [6.07, 6.45) is 0. The van der Waals surface area contributed by atoms with Crippen LogP contribution in [0.15, 0.2) is 42.5 Å². The lowest BCUT2D eigenvalue weighted by Crippen LogP contribution is -1.77. The van der Waals surface area contributed by atoms with Crippen LogP contribution < -0.4 is 4.74 Å². The Morgan fingerprint density at radius 3 is 2.33 bits per heavy atom. The number of hydrogen-bond donors (Lipinski definition) is 0. The van der Waals surface area contributed by atoms with E-state index < -0.39 is 0 Å². The molecule has 60 valence electrons. The first kappa shape index (κ1) is 7.17. The third-order valence-electron chi connectivity index (χ3n) is 1.95. The van der Waals surface area contributed by atoms with Crippen LogP contribution in [0.25, 0.3) is 11.1 Å². The number of methoxy groups -OCH3 is 1. The highest BCUT2D eigenvalue weighted by Crippen LogP contribution is 2.24. The van der Waals surface area contributed by atoms with Gasteiger partial charge in [0.15, 0.2) is 0 Å². The molecular formula is C11H10O. The Morgan fingerprint density at radius 1 is 0.917 bits per heavy atom. The molecule has 0 unspecified atom stereocenters. The van der Waals surface area contributed by atoms with Gasteiger partial charge < -0.3 is 4.74 Å². The summed E-state index contributed by atoms with van der Waals surface area (Å²) < 4.78 is 5.15. The van der Waals surface area contributed by atoms with Crippen molar-refractivity contribution in [3.63, 3.8) is 0 Å². The van der Waals surface area contributed by atoms with E-state index in [2.05, 4.69) is 18.2 Å². The summed E-state index contributed by atoms with van der Waals surface area (Å²) >= 11 is 0. The summed E-state index contributed by atoms with van der Waals surface area (Å²) in [7, 11) is 1.68. The van der Waals surface area contributed by atoms with Crippen molar-refractivity contribution in [2.24, 2.45) is 0 Å². The maximum absolute atomic E-state index is 5.15. The van der Waals surface area contributed by atoms with Crippen molar-refractivity contribution in [1.82, 2.24) is 0 Å². The topological polar surface area (TPSA) is 9.23 Å². The second-order valence-corrected chi connectivity index (χ2v) is 2.71. The minimum atomic E-state index is 0.899. The molecule has 1 nitrogen and oxygen atoms in total. The van der Waals surface area contributed by atoms with Crippen molar-refractivity contribution in [1.29, 1.82) is 0 Å². The van der Waals surface area contributed by atoms with Gasteiger partial charge in [0.2, 0.25) is 0 Å². The highest BCUT2D eigenvalue weighted by molar-refractivity contribution is 5.67. The predicted octanol–water partition coefficient (Wildman–Crippen LogP) is 2.80. The molecule has 0 aromatic heterocycles. The Kier molecular flexibility index (Phi) is 1.71. The fourth-order valence-corrected chi connectivity index (χ4v) is 1.31. The quantitative estimate of drug-likeness (QED) is 0.620. The zero-order chi connectivity index (χ0) is 8.39. The van der Waals surface area contributed by atoms with Crippen LogP contribution in [-0.2, 0) is 0 Å². The number of hydrogen-bond acceptors (Lipinski definition) is 1. The van der Waals surface area contributed by atoms with Crippen LogP contribution in [0, 0.1) is 0 Å². The summed E-state index contributed by atoms with van der Waals surface area (Å²) in [5.74, 6) is 0.899. The first-order valence-electron chi connectivity index (χ1n) is 3.93. The maximum Gasteiger partial charge on any atom is 0.119 e. The Morgan fingerprint density at radius 2 is 1.58 bits per heavy atom. The van der Waals surface area contributed by atoms with E-state index in [9.17, 15) is 0 Å². The van der Waals surface area contributed by atoms with Gasteiger partial charge in [-0.25, -0.2) is 0 Å². The van der Waals surface area contributed by atoms with Crippen molar-refractivity contribution < 1.29 is 4.74 Å². The van der Waals surface area contributed by atoms with E-state index in [1.54, 1.807) is 7.11 Å². The van der Waals surface area contributed by atoms with E-state index in [0.29, 0.717) is 0 Å². The zero-order valence-electron chi connectivity index (χ0n) is 6.95. The van der Waals surface area contributed by atoms with E-state index in [0.717, 1.165) is 5.75 Å². The predicted molar refractivity (Wildman–Crippen MR) is 49.6 cm³/mol. The lowest BCUT2D eigenvalue weighted by atomic mass is 10.2. The Balaban J connectivity index is 2.61. The van der Waals surface area contributed by atoms with Crippen LogP contribution in [0.1, 0.15) is 0 Å². The summed E-state index contributed by atoms with van der Waals surface area (Å²) in [4.78, 5) is 0. The van der Waals surface area contributed by atoms with Crippen molar-refractivity contribution in [3.05, 3.63) is 42.5 Å². The van der Waals surface area contributed by atoms with Gasteiger partial charge in [-0.2, -0.15) is 0 Å². The molecule has 0 aliphatic heterocycles. The second-order valence-electron chi connectivity index (χ2n) is 2.71. The number of fused-ring (bicyclic) bond motifs is 1. The molecular weight excluding hydrogens is 148 g/mol. The Hall–Kier alpha value is -1.50. The number of ether oxygens (including phenoxy) is 1. The second kappa shape index (κ2) is 2.86. The maximum atomic E-state index is 5.15. The van der Waals surface area contributed by atoms with Gasteiger partial charge in [-0.3, -0.25) is 0 Å². The first-order chi connectivity index (χ1) is 5.90. The van der Waals surface area contributed by atoms with Crippen LogP contribution in [0.3, 0.4) is 0 Å². The van der Waals surface area contributed by atoms with E-state index >= 15 is 0 Å². The van der Waals surface area contributed by atoms with Crippen molar-refractivity contribution in [2.45, 2.75) is 0 Å². The number of rotatable bonds is 1. The molecule has 0 radical (unpaired) electrons. The molecule has 2 rings (SSSR count). The molecule has 0 heterocycles. The van der Waals surface area contributed by atoms with Crippen molar-refractivity contribution >= 4 is 0 Å². The molecule has 0 saturated heterocycles. The third kappa shape index (κ3) is 1.14. The van der Waals surface area contributed by atoms with Crippen molar-refractivity contribution in [3.8, 4) is 16.9 Å². The average molecular weight is 158 g/mol. The van der Waals surface area contributed by atoms with Crippen LogP contribution in [0.4, 0.5) is 0 Å². The lowest BCUT2D eigenvalue weighted by Gasteiger charge is -1.94. The molecule has 0 spiro atoms. The molecule has 0 aromatic carbocycles. The molecule has 0 fully saturated rings. The van der Waals surface area contributed by atoms with Crippen LogP contribution in [0.5, 0.6) is 5.75 Å². The van der Waals surface area contributed by atoms with Gasteiger partial charge in [-0.1, -0.05) is 30.3 Å². The highest BCUT2D eigenvalue weighted by atomic mass is 16.5. The smallest absolute Gasteiger partial charge is 0.119 e. The molecule has 0 bridgehead atoms. The monoisotopic (exact) mass is 158 g/mol. The van der Waals surface area contributed by atoms with Crippen LogP contribution >= 0.6 is 0 Å². The van der Waals surface area contributed by atoms with Gasteiger partial charge in [0.05, 0.1) is 7.11 Å². The van der Waals surface area contributed by atoms with E-state index in [1.807, 2.05) is 24.3 Å². The molecule has 1 heteroatoms. The fourth-order valence-electron chi connectivity index (χ4n) is 1.31. The van der Waals surface area contributed by atoms with Crippen LogP contribution in [0.2, 0.25) is 0 Å². The van der Waals surface area contributed by atoms with Crippen LogP contribution in [-0.4, -0.2) is 7.11 Å². The highest BCUT2D eigenvalue weighted by Gasteiger charge is 1.99. The van der Waals surface area contributed by atoms with Gasteiger partial charge >= 0.3 is 0 Å². The Bertz CT molecular complexity index is 354. The van der Waals surface area contributed by atoms with Gasteiger partial charge in [-0.05, 0) is 23.3 Å². The summed E-state index contributed by atoms with van der Waals surface area (Å²) in [5.41, 5.74) is 2.47. The average Bonchev–Trinajstić information content (AvgIpc) is 2.43. The molecule has 12 heavy (non-hydrogen) atoms. The molecule has 0 atom stereocenters. The first-order valence-corrected chi connectivity index (χ1v) is 3.93. The largest absolute Gasteiger partial charge is 0.497 e. The van der Waals surface area contributed by atoms with Gasteiger partial charge in [-0.15, -0.1) is 0 Å². The molecule has 2 aliphatic rings. The zero-order valence-corrected chi connectivity index (χ0v) is 6.95. The molecule has 0 N–H and O–H groups in total. The van der Waals surface area contributed by atoms with E-state index in [1.165, 1.54) is 11.1 Å². The van der Waals surface area contributed by atoms with Gasteiger partial charge in [0, 0.05) is 0 Å². The third-order valence-corrected chi connectivity index (χ3v) is 1.95. The van der Waals surface area contributed by atoms with Crippen molar-refractivity contribution in [2.75, 3.05) is 7.11 Å². The summed E-state index contributed by atoms with van der Waals surface area (Å²) in [6, 6.07) is 14.3. The van der Waals surface area contributed by atoms with Gasteiger partial charge in [0.25, 0.3) is 0 Å². The standard InChI is InChI=1S/C11H10O/c1-12-11-7-3-5-9-4-2-6-10(9)8-11/h2-8H,1H3. The lowest BCUT2D eigenvalue weighted by molar-refractivity contribution is 0.415. The SMILES string of the molecule is COc1cccc2cccc-2c1. The van der Waals surface area contributed by atoms with Gasteiger partial charge in [0.1, 0.15) is 5.75 Å². The molecule has 0 saturated carbocycles. The molecule has 2 aliphatic carbocycles. The summed E-state index contributed by atoms with van der Waals surface area (Å²) in [6.45, 7) is 0. The normalized spacial score (nSPS) is 10.1. The molecule has 0 amide bonds.